The minimum absolute atomic E-state index is 0.102. The summed E-state index contributed by atoms with van der Waals surface area (Å²) < 4.78 is 10.7. The molecule has 1 unspecified atom stereocenters. The van der Waals surface area contributed by atoms with E-state index >= 15 is 0 Å². The standard InChI is InChI=1S/C20H21ClN2O4/c1-3-27-18-7-5-4-6-16(18)23-12-13(10-19(23)24)20(25)22-14-8-9-17(26-2)15(21)11-14/h4-9,11,13H,3,10,12H2,1-2H3,(H,22,25). The highest BCUT2D eigenvalue weighted by molar-refractivity contribution is 6.32. The van der Waals surface area contributed by atoms with Crippen LogP contribution in [0.25, 0.3) is 0 Å². The maximum absolute atomic E-state index is 12.6. The lowest BCUT2D eigenvalue weighted by molar-refractivity contribution is -0.122. The van der Waals surface area contributed by atoms with Gasteiger partial charge >= 0.3 is 0 Å². The number of amides is 2. The van der Waals surface area contributed by atoms with Crippen molar-refractivity contribution in [3.8, 4) is 11.5 Å². The molecule has 1 fully saturated rings. The molecule has 27 heavy (non-hydrogen) atoms. The summed E-state index contributed by atoms with van der Waals surface area (Å²) in [4.78, 5) is 26.7. The molecular weight excluding hydrogens is 368 g/mol. The van der Waals surface area contributed by atoms with Gasteiger partial charge in [0.05, 0.1) is 30.3 Å². The molecule has 1 aliphatic heterocycles. The fraction of sp³-hybridized carbons (Fsp3) is 0.300. The molecule has 6 nitrogen and oxygen atoms in total. The molecule has 1 aliphatic rings. The van der Waals surface area contributed by atoms with Gasteiger partial charge in [0, 0.05) is 18.7 Å². The van der Waals surface area contributed by atoms with Crippen LogP contribution in [0, 0.1) is 5.92 Å². The first-order valence-electron chi connectivity index (χ1n) is 8.70. The fourth-order valence-electron chi connectivity index (χ4n) is 3.06. The Morgan fingerprint density at radius 2 is 2.04 bits per heavy atom. The van der Waals surface area contributed by atoms with Crippen LogP contribution in [0.5, 0.6) is 11.5 Å². The zero-order valence-electron chi connectivity index (χ0n) is 15.2. The number of benzene rings is 2. The van der Waals surface area contributed by atoms with Crippen LogP contribution in [-0.2, 0) is 9.59 Å². The molecule has 0 aliphatic carbocycles. The van der Waals surface area contributed by atoms with Crippen molar-refractivity contribution >= 4 is 34.8 Å². The average molecular weight is 389 g/mol. The summed E-state index contributed by atoms with van der Waals surface area (Å²) >= 11 is 6.09. The molecule has 0 bridgehead atoms. The van der Waals surface area contributed by atoms with Gasteiger partial charge in [0.2, 0.25) is 11.8 Å². The largest absolute Gasteiger partial charge is 0.495 e. The van der Waals surface area contributed by atoms with Crippen molar-refractivity contribution in [2.24, 2.45) is 5.92 Å². The number of halogens is 1. The van der Waals surface area contributed by atoms with Gasteiger partial charge in [-0.05, 0) is 37.3 Å². The molecule has 1 heterocycles. The maximum atomic E-state index is 12.6. The quantitative estimate of drug-likeness (QED) is 0.818. The van der Waals surface area contributed by atoms with Crippen LogP contribution in [0.3, 0.4) is 0 Å². The van der Waals surface area contributed by atoms with Gasteiger partial charge < -0.3 is 19.7 Å². The van der Waals surface area contributed by atoms with Crippen LogP contribution in [0.1, 0.15) is 13.3 Å². The van der Waals surface area contributed by atoms with E-state index in [4.69, 9.17) is 21.1 Å². The van der Waals surface area contributed by atoms with E-state index in [-0.39, 0.29) is 18.2 Å². The zero-order valence-corrected chi connectivity index (χ0v) is 16.0. The number of hydrogen-bond donors (Lipinski definition) is 1. The summed E-state index contributed by atoms with van der Waals surface area (Å²) in [7, 11) is 1.53. The second-order valence-corrected chi connectivity index (χ2v) is 6.55. The summed E-state index contributed by atoms with van der Waals surface area (Å²) in [6.45, 7) is 2.69. The number of anilines is 2. The monoisotopic (exact) mass is 388 g/mol. The molecule has 1 N–H and O–H groups in total. The highest BCUT2D eigenvalue weighted by atomic mass is 35.5. The molecule has 2 aromatic carbocycles. The maximum Gasteiger partial charge on any atom is 0.229 e. The number of ether oxygens (including phenoxy) is 2. The molecule has 142 valence electrons. The van der Waals surface area contributed by atoms with Gasteiger partial charge in [-0.15, -0.1) is 0 Å². The lowest BCUT2D eigenvalue weighted by Gasteiger charge is -2.20. The van der Waals surface area contributed by atoms with Crippen molar-refractivity contribution in [3.63, 3.8) is 0 Å². The average Bonchev–Trinajstić information content (AvgIpc) is 3.04. The van der Waals surface area contributed by atoms with E-state index < -0.39 is 5.92 Å². The van der Waals surface area contributed by atoms with E-state index in [0.717, 1.165) is 0 Å². The highest BCUT2D eigenvalue weighted by Crippen LogP contribution is 2.34. The van der Waals surface area contributed by atoms with E-state index in [9.17, 15) is 9.59 Å². The van der Waals surface area contributed by atoms with Gasteiger partial charge in [-0.3, -0.25) is 9.59 Å². The zero-order chi connectivity index (χ0) is 19.4. The molecule has 3 rings (SSSR count). The number of carbonyl (C=O) groups is 2. The van der Waals surface area contributed by atoms with E-state index in [0.29, 0.717) is 41.0 Å². The van der Waals surface area contributed by atoms with E-state index in [1.54, 1.807) is 23.1 Å². The van der Waals surface area contributed by atoms with Crippen LogP contribution in [-0.4, -0.2) is 32.1 Å². The number of hydrogen-bond acceptors (Lipinski definition) is 4. The summed E-state index contributed by atoms with van der Waals surface area (Å²) in [6, 6.07) is 12.4. The molecule has 0 aromatic heterocycles. The first-order valence-corrected chi connectivity index (χ1v) is 9.08. The molecule has 1 saturated heterocycles. The van der Waals surface area contributed by atoms with Crippen molar-refractivity contribution in [3.05, 3.63) is 47.5 Å². The number of para-hydroxylation sites is 2. The predicted octanol–water partition coefficient (Wildman–Crippen LogP) is 3.74. The van der Waals surface area contributed by atoms with Crippen molar-refractivity contribution in [1.82, 2.24) is 0 Å². The highest BCUT2D eigenvalue weighted by Gasteiger charge is 2.36. The minimum atomic E-state index is -0.451. The van der Waals surface area contributed by atoms with E-state index in [1.807, 2.05) is 31.2 Å². The van der Waals surface area contributed by atoms with Crippen LogP contribution in [0.2, 0.25) is 5.02 Å². The van der Waals surface area contributed by atoms with Crippen LogP contribution >= 0.6 is 11.6 Å². The van der Waals surface area contributed by atoms with Crippen LogP contribution in [0.15, 0.2) is 42.5 Å². The summed E-state index contributed by atoms with van der Waals surface area (Å²) in [5.74, 6) is 0.393. The van der Waals surface area contributed by atoms with Gasteiger partial charge in [-0.25, -0.2) is 0 Å². The molecule has 1 atom stereocenters. The topological polar surface area (TPSA) is 67.9 Å². The minimum Gasteiger partial charge on any atom is -0.495 e. The van der Waals surface area contributed by atoms with Gasteiger partial charge in [0.1, 0.15) is 11.5 Å². The molecule has 2 amide bonds. The number of rotatable bonds is 6. The molecule has 0 saturated carbocycles. The fourth-order valence-corrected chi connectivity index (χ4v) is 3.32. The third kappa shape index (κ3) is 4.17. The normalized spacial score (nSPS) is 16.3. The molecule has 7 heteroatoms. The molecule has 0 spiro atoms. The summed E-state index contributed by atoms with van der Waals surface area (Å²) in [5.41, 5.74) is 1.25. The number of nitrogens with one attached hydrogen (secondary N) is 1. The van der Waals surface area contributed by atoms with Gasteiger partial charge in [0.25, 0.3) is 0 Å². The first-order chi connectivity index (χ1) is 13.0. The summed E-state index contributed by atoms with van der Waals surface area (Å²) in [6.07, 6.45) is 0.149. The number of nitrogens with zero attached hydrogens (tertiary/aromatic N) is 1. The Hall–Kier alpha value is -2.73. The van der Waals surface area contributed by atoms with Crippen molar-refractivity contribution < 1.29 is 19.1 Å². The second kappa shape index (κ2) is 8.31. The number of carbonyl (C=O) groups excluding carboxylic acids is 2. The Balaban J connectivity index is 1.72. The third-order valence-corrected chi connectivity index (χ3v) is 4.67. The van der Waals surface area contributed by atoms with Crippen LogP contribution < -0.4 is 19.7 Å². The lowest BCUT2D eigenvalue weighted by atomic mass is 10.1. The second-order valence-electron chi connectivity index (χ2n) is 6.14. The Kier molecular flexibility index (Phi) is 5.86. The smallest absolute Gasteiger partial charge is 0.229 e. The van der Waals surface area contributed by atoms with Gasteiger partial charge in [-0.2, -0.15) is 0 Å². The molecule has 2 aromatic rings. The van der Waals surface area contributed by atoms with Crippen molar-refractivity contribution in [2.75, 3.05) is 30.5 Å². The summed E-state index contributed by atoms with van der Waals surface area (Å²) in [5, 5.41) is 3.23. The van der Waals surface area contributed by atoms with Gasteiger partial charge in [-0.1, -0.05) is 23.7 Å². The van der Waals surface area contributed by atoms with Crippen molar-refractivity contribution in [2.45, 2.75) is 13.3 Å². The Bertz CT molecular complexity index is 856. The van der Waals surface area contributed by atoms with Gasteiger partial charge in [0.15, 0.2) is 0 Å². The molecule has 0 radical (unpaired) electrons. The molecular formula is C20H21ClN2O4. The number of methoxy groups -OCH3 is 1. The predicted molar refractivity (Wildman–Crippen MR) is 105 cm³/mol. The Morgan fingerprint density at radius 3 is 2.74 bits per heavy atom. The Labute approximate surface area is 163 Å². The SMILES string of the molecule is CCOc1ccccc1N1CC(C(=O)Nc2ccc(OC)c(Cl)c2)CC1=O. The Morgan fingerprint density at radius 1 is 1.26 bits per heavy atom. The first kappa shape index (κ1) is 19.0. The van der Waals surface area contributed by atoms with Crippen molar-refractivity contribution in [1.29, 1.82) is 0 Å². The van der Waals surface area contributed by atoms with Crippen LogP contribution in [0.4, 0.5) is 11.4 Å². The lowest BCUT2D eigenvalue weighted by Crippen LogP contribution is -2.28. The van der Waals surface area contributed by atoms with E-state index in [2.05, 4.69) is 5.32 Å². The van der Waals surface area contributed by atoms with E-state index in [1.165, 1.54) is 7.11 Å². The third-order valence-electron chi connectivity index (χ3n) is 4.37.